The first-order chi connectivity index (χ1) is 9.60. The first-order valence-electron chi connectivity index (χ1n) is 7.62. The lowest BCUT2D eigenvalue weighted by Gasteiger charge is -2.29. The maximum Gasteiger partial charge on any atom is 0.390 e. The average Bonchev–Trinajstić information content (AvgIpc) is 2.44. The molecule has 0 aromatic heterocycles. The Balaban J connectivity index is 2.97. The molecule has 1 N–H and O–H groups in total. The lowest BCUT2D eigenvalue weighted by molar-refractivity contribution is -0.164. The molecule has 21 heavy (non-hydrogen) atoms. The normalized spacial score (nSPS) is 21.6. The highest BCUT2D eigenvalue weighted by atomic mass is 19.4. The van der Waals surface area contributed by atoms with Gasteiger partial charge in [-0.3, -0.25) is 4.79 Å². The van der Waals surface area contributed by atoms with Crippen LogP contribution >= 0.6 is 0 Å². The maximum absolute atomic E-state index is 12.7. The molecular weight excluding hydrogens is 281 g/mol. The molecule has 1 saturated carbocycles. The Labute approximate surface area is 124 Å². The van der Waals surface area contributed by atoms with Crippen LogP contribution in [0.25, 0.3) is 0 Å². The second-order valence-electron chi connectivity index (χ2n) is 6.38. The molecule has 1 aliphatic rings. The molecule has 0 aliphatic heterocycles. The summed E-state index contributed by atoms with van der Waals surface area (Å²) in [6, 6.07) is 0. The minimum Gasteiger partial charge on any atom is -0.512 e. The number of allylic oxidation sites excluding steroid dienone is 2. The fraction of sp³-hybridized carbons (Fsp3) is 0.812. The summed E-state index contributed by atoms with van der Waals surface area (Å²) >= 11 is 0. The van der Waals surface area contributed by atoms with E-state index < -0.39 is 23.8 Å². The summed E-state index contributed by atoms with van der Waals surface area (Å²) < 4.78 is 38.1. The molecule has 0 aromatic rings. The van der Waals surface area contributed by atoms with Crippen LogP contribution in [0.2, 0.25) is 0 Å². The molecule has 0 aromatic carbocycles. The van der Waals surface area contributed by atoms with Crippen LogP contribution in [0.3, 0.4) is 0 Å². The van der Waals surface area contributed by atoms with E-state index in [0.29, 0.717) is 0 Å². The van der Waals surface area contributed by atoms with Gasteiger partial charge in [0.1, 0.15) is 5.76 Å². The number of rotatable bonds is 5. The Morgan fingerprint density at radius 1 is 1.19 bits per heavy atom. The SMILES string of the molecule is CCC(C)(CC(F)(F)F)C(=O)/C(C)=C(\O)C1CCCCC1. The van der Waals surface area contributed by atoms with E-state index in [2.05, 4.69) is 0 Å². The molecule has 1 fully saturated rings. The van der Waals surface area contributed by atoms with Crippen LogP contribution in [-0.4, -0.2) is 17.1 Å². The van der Waals surface area contributed by atoms with E-state index >= 15 is 0 Å². The Morgan fingerprint density at radius 2 is 1.71 bits per heavy atom. The van der Waals surface area contributed by atoms with Crippen molar-refractivity contribution >= 4 is 5.78 Å². The lowest BCUT2D eigenvalue weighted by atomic mass is 9.75. The number of hydrogen-bond donors (Lipinski definition) is 1. The Hall–Kier alpha value is -1.00. The molecule has 5 heteroatoms. The van der Waals surface area contributed by atoms with Gasteiger partial charge >= 0.3 is 6.18 Å². The summed E-state index contributed by atoms with van der Waals surface area (Å²) in [5.74, 6) is -0.651. The number of carbonyl (C=O) groups excluding carboxylic acids is 1. The van der Waals surface area contributed by atoms with Crippen molar-refractivity contribution in [2.24, 2.45) is 11.3 Å². The van der Waals surface area contributed by atoms with Crippen molar-refractivity contribution in [2.75, 3.05) is 0 Å². The molecule has 1 atom stereocenters. The predicted molar refractivity (Wildman–Crippen MR) is 76.0 cm³/mol. The number of ketones is 1. The quantitative estimate of drug-likeness (QED) is 0.550. The van der Waals surface area contributed by atoms with Crippen molar-refractivity contribution in [1.82, 2.24) is 0 Å². The van der Waals surface area contributed by atoms with E-state index in [0.717, 1.165) is 32.1 Å². The topological polar surface area (TPSA) is 37.3 Å². The van der Waals surface area contributed by atoms with E-state index in [1.54, 1.807) is 6.92 Å². The Morgan fingerprint density at radius 3 is 2.14 bits per heavy atom. The van der Waals surface area contributed by atoms with Crippen LogP contribution in [-0.2, 0) is 4.79 Å². The van der Waals surface area contributed by atoms with Gasteiger partial charge in [-0.15, -0.1) is 0 Å². The number of Topliss-reactive ketones (excluding diaryl/α,β-unsaturated/α-hetero) is 1. The van der Waals surface area contributed by atoms with Crippen LogP contribution in [0, 0.1) is 11.3 Å². The second kappa shape index (κ2) is 6.84. The van der Waals surface area contributed by atoms with E-state index in [4.69, 9.17) is 0 Å². The van der Waals surface area contributed by atoms with Gasteiger partial charge in [-0.25, -0.2) is 0 Å². The molecule has 1 rings (SSSR count). The molecule has 0 radical (unpaired) electrons. The van der Waals surface area contributed by atoms with Gasteiger partial charge in [0.15, 0.2) is 5.78 Å². The molecule has 0 amide bonds. The zero-order valence-electron chi connectivity index (χ0n) is 13.0. The summed E-state index contributed by atoms with van der Waals surface area (Å²) in [5, 5.41) is 10.2. The van der Waals surface area contributed by atoms with Crippen molar-refractivity contribution in [1.29, 1.82) is 0 Å². The Kier molecular flexibility index (Phi) is 5.88. The van der Waals surface area contributed by atoms with Crippen molar-refractivity contribution < 1.29 is 23.1 Å². The van der Waals surface area contributed by atoms with E-state index in [1.165, 1.54) is 13.8 Å². The maximum atomic E-state index is 12.7. The van der Waals surface area contributed by atoms with Gasteiger partial charge in [0.2, 0.25) is 0 Å². The van der Waals surface area contributed by atoms with Crippen molar-refractivity contribution in [3.05, 3.63) is 11.3 Å². The van der Waals surface area contributed by atoms with Gasteiger partial charge < -0.3 is 5.11 Å². The van der Waals surface area contributed by atoms with Crippen molar-refractivity contribution in [3.8, 4) is 0 Å². The average molecular weight is 306 g/mol. The van der Waals surface area contributed by atoms with Crippen molar-refractivity contribution in [3.63, 3.8) is 0 Å². The lowest BCUT2D eigenvalue weighted by Crippen LogP contribution is -2.34. The number of aliphatic hydroxyl groups excluding tert-OH is 1. The third-order valence-electron chi connectivity index (χ3n) is 4.64. The molecule has 1 aliphatic carbocycles. The van der Waals surface area contributed by atoms with Crippen molar-refractivity contribution in [2.45, 2.75) is 71.9 Å². The molecule has 0 saturated heterocycles. The summed E-state index contributed by atoms with van der Waals surface area (Å²) in [5.41, 5.74) is -1.39. The minimum atomic E-state index is -4.39. The van der Waals surface area contributed by atoms with Gasteiger partial charge in [-0.05, 0) is 26.2 Å². The summed E-state index contributed by atoms with van der Waals surface area (Å²) in [4.78, 5) is 12.4. The molecule has 122 valence electrons. The highest BCUT2D eigenvalue weighted by Gasteiger charge is 2.44. The number of halogens is 3. The largest absolute Gasteiger partial charge is 0.512 e. The van der Waals surface area contributed by atoms with Gasteiger partial charge in [0.05, 0.1) is 6.42 Å². The third kappa shape index (κ3) is 4.75. The fourth-order valence-electron chi connectivity index (χ4n) is 3.06. The summed E-state index contributed by atoms with van der Waals surface area (Å²) in [7, 11) is 0. The minimum absolute atomic E-state index is 0.00143. The molecule has 1 unspecified atom stereocenters. The highest BCUT2D eigenvalue weighted by Crippen LogP contribution is 2.40. The molecule has 2 nitrogen and oxygen atoms in total. The fourth-order valence-corrected chi connectivity index (χ4v) is 3.06. The number of hydrogen-bond acceptors (Lipinski definition) is 2. The van der Waals surface area contributed by atoms with Gasteiger partial charge in [0, 0.05) is 16.9 Å². The van der Waals surface area contributed by atoms with E-state index in [9.17, 15) is 23.1 Å². The third-order valence-corrected chi connectivity index (χ3v) is 4.64. The van der Waals surface area contributed by atoms with Gasteiger partial charge in [-0.1, -0.05) is 33.1 Å². The van der Waals surface area contributed by atoms with Crippen LogP contribution in [0.5, 0.6) is 0 Å². The van der Waals surface area contributed by atoms with E-state index in [-0.39, 0.29) is 23.7 Å². The van der Waals surface area contributed by atoms with Crippen LogP contribution < -0.4 is 0 Å². The number of carbonyl (C=O) groups is 1. The summed E-state index contributed by atoms with van der Waals surface area (Å²) in [6.07, 6.45) is -0.741. The number of aliphatic hydroxyl groups is 1. The Bertz CT molecular complexity index is 406. The van der Waals surface area contributed by atoms with Crippen LogP contribution in [0.1, 0.15) is 65.7 Å². The summed E-state index contributed by atoms with van der Waals surface area (Å²) in [6.45, 7) is 4.37. The first kappa shape index (κ1) is 18.1. The van der Waals surface area contributed by atoms with Crippen LogP contribution in [0.4, 0.5) is 13.2 Å². The zero-order chi connectivity index (χ0) is 16.3. The second-order valence-corrected chi connectivity index (χ2v) is 6.38. The zero-order valence-corrected chi connectivity index (χ0v) is 13.0. The predicted octanol–water partition coefficient (Wildman–Crippen LogP) is 5.34. The number of alkyl halides is 3. The molecule has 0 bridgehead atoms. The molecule has 0 spiro atoms. The monoisotopic (exact) mass is 306 g/mol. The highest BCUT2D eigenvalue weighted by molar-refractivity contribution is 5.99. The van der Waals surface area contributed by atoms with Crippen LogP contribution in [0.15, 0.2) is 11.3 Å². The van der Waals surface area contributed by atoms with E-state index in [1.807, 2.05) is 0 Å². The first-order valence-corrected chi connectivity index (χ1v) is 7.62. The molecule has 0 heterocycles. The van der Waals surface area contributed by atoms with Gasteiger partial charge in [0.25, 0.3) is 0 Å². The van der Waals surface area contributed by atoms with Gasteiger partial charge in [-0.2, -0.15) is 13.2 Å². The smallest absolute Gasteiger partial charge is 0.390 e. The molecular formula is C16H25F3O2. The standard InChI is InChI=1S/C16H25F3O2/c1-4-15(3,10-16(17,18)19)14(21)11(2)13(20)12-8-6-5-7-9-12/h12,20H,4-10H2,1-3H3/b13-11-.